The zero-order chi connectivity index (χ0) is 25.8. The normalized spacial score (nSPS) is 11.6. The molecule has 0 radical (unpaired) electrons. The van der Waals surface area contributed by atoms with Gasteiger partial charge in [0.2, 0.25) is 11.8 Å². The molecule has 190 valence electrons. The maximum atomic E-state index is 13.7. The van der Waals surface area contributed by atoms with E-state index in [9.17, 15) is 9.59 Å². The number of nitrogens with one attached hydrogen (secondary N) is 1. The molecule has 0 saturated heterocycles. The lowest BCUT2D eigenvalue weighted by Crippen LogP contribution is -2.50. The molecule has 0 aliphatic carbocycles. The van der Waals surface area contributed by atoms with E-state index in [0.717, 1.165) is 23.3 Å². The Morgan fingerprint density at radius 3 is 2.19 bits per heavy atom. The average Bonchev–Trinajstić information content (AvgIpc) is 2.89. The maximum absolute atomic E-state index is 13.7. The van der Waals surface area contributed by atoms with Gasteiger partial charge in [0.05, 0.1) is 0 Å². The van der Waals surface area contributed by atoms with Crippen molar-refractivity contribution < 1.29 is 9.59 Å². The summed E-state index contributed by atoms with van der Waals surface area (Å²) in [5.74, 6) is 0.325. The van der Waals surface area contributed by atoms with Gasteiger partial charge in [-0.3, -0.25) is 9.59 Å². The SMILES string of the molecule is CCCCNC(=O)[C@@H](Cc1ccccc1)N(Cc1c(Cl)cccc1Cl)C(=O)CCSc1ccccc1. The molecule has 0 bridgehead atoms. The van der Waals surface area contributed by atoms with Crippen molar-refractivity contribution in [3.63, 3.8) is 0 Å². The molecule has 1 atom stereocenters. The van der Waals surface area contributed by atoms with Gasteiger partial charge in [-0.1, -0.05) is 91.1 Å². The van der Waals surface area contributed by atoms with Gasteiger partial charge in [0.25, 0.3) is 0 Å². The van der Waals surface area contributed by atoms with Crippen molar-refractivity contribution in [1.29, 1.82) is 0 Å². The van der Waals surface area contributed by atoms with Crippen LogP contribution in [0.5, 0.6) is 0 Å². The predicted molar refractivity (Wildman–Crippen MR) is 151 cm³/mol. The number of amides is 2. The fourth-order valence-electron chi connectivity index (χ4n) is 3.83. The monoisotopic (exact) mass is 542 g/mol. The van der Waals surface area contributed by atoms with E-state index in [1.807, 2.05) is 60.7 Å². The minimum Gasteiger partial charge on any atom is -0.354 e. The van der Waals surface area contributed by atoms with Crippen LogP contribution in [0.3, 0.4) is 0 Å². The van der Waals surface area contributed by atoms with Gasteiger partial charge in [0.15, 0.2) is 0 Å². The van der Waals surface area contributed by atoms with Crippen LogP contribution in [0.1, 0.15) is 37.3 Å². The number of halogens is 2. The number of carbonyl (C=O) groups is 2. The van der Waals surface area contributed by atoms with E-state index >= 15 is 0 Å². The quantitative estimate of drug-likeness (QED) is 0.186. The van der Waals surface area contributed by atoms with Crippen LogP contribution in [-0.4, -0.2) is 35.1 Å². The summed E-state index contributed by atoms with van der Waals surface area (Å²) >= 11 is 14.6. The molecule has 0 aliphatic heterocycles. The van der Waals surface area contributed by atoms with E-state index < -0.39 is 6.04 Å². The van der Waals surface area contributed by atoms with Crippen LogP contribution in [0.15, 0.2) is 83.8 Å². The minimum absolute atomic E-state index is 0.110. The van der Waals surface area contributed by atoms with Crippen LogP contribution >= 0.6 is 35.0 Å². The van der Waals surface area contributed by atoms with Crippen molar-refractivity contribution in [3.8, 4) is 0 Å². The second-order valence-corrected chi connectivity index (χ2v) is 10.5. The zero-order valence-corrected chi connectivity index (χ0v) is 22.8. The molecule has 0 fully saturated rings. The Kier molecular flexibility index (Phi) is 11.7. The minimum atomic E-state index is -0.689. The van der Waals surface area contributed by atoms with Crippen LogP contribution < -0.4 is 5.32 Å². The first-order chi connectivity index (χ1) is 17.5. The summed E-state index contributed by atoms with van der Waals surface area (Å²) in [7, 11) is 0. The molecule has 36 heavy (non-hydrogen) atoms. The van der Waals surface area contributed by atoms with Gasteiger partial charge in [-0.2, -0.15) is 0 Å². The molecular formula is C29H32Cl2N2O2S. The third-order valence-corrected chi connectivity index (χ3v) is 7.54. The molecular weight excluding hydrogens is 511 g/mol. The number of thioether (sulfide) groups is 1. The third-order valence-electron chi connectivity index (χ3n) is 5.82. The molecule has 3 aromatic rings. The Morgan fingerprint density at radius 1 is 0.917 bits per heavy atom. The highest BCUT2D eigenvalue weighted by Gasteiger charge is 2.31. The van der Waals surface area contributed by atoms with Gasteiger partial charge in [-0.15, -0.1) is 11.8 Å². The van der Waals surface area contributed by atoms with E-state index in [1.54, 1.807) is 34.9 Å². The zero-order valence-electron chi connectivity index (χ0n) is 20.5. The van der Waals surface area contributed by atoms with Crippen molar-refractivity contribution in [1.82, 2.24) is 10.2 Å². The van der Waals surface area contributed by atoms with Gasteiger partial charge in [0, 0.05) is 52.2 Å². The molecule has 0 saturated carbocycles. The van der Waals surface area contributed by atoms with Crippen LogP contribution in [0, 0.1) is 0 Å². The van der Waals surface area contributed by atoms with Gasteiger partial charge in [-0.05, 0) is 36.2 Å². The van der Waals surface area contributed by atoms with Crippen LogP contribution in [0.4, 0.5) is 0 Å². The molecule has 4 nitrogen and oxygen atoms in total. The summed E-state index contributed by atoms with van der Waals surface area (Å²) in [6.45, 7) is 2.80. The second kappa shape index (κ2) is 14.9. The number of hydrogen-bond donors (Lipinski definition) is 1. The Balaban J connectivity index is 1.88. The molecule has 0 aliphatic rings. The van der Waals surface area contributed by atoms with E-state index in [2.05, 4.69) is 12.2 Å². The first-order valence-corrected chi connectivity index (χ1v) is 14.0. The van der Waals surface area contributed by atoms with Crippen molar-refractivity contribution in [2.75, 3.05) is 12.3 Å². The fraction of sp³-hybridized carbons (Fsp3) is 0.310. The van der Waals surface area contributed by atoms with Crippen molar-refractivity contribution in [2.24, 2.45) is 0 Å². The lowest BCUT2D eigenvalue weighted by atomic mass is 10.0. The number of hydrogen-bond acceptors (Lipinski definition) is 3. The molecule has 3 rings (SSSR count). The fourth-order valence-corrected chi connectivity index (χ4v) is 5.21. The Bertz CT molecular complexity index is 1090. The number of unbranched alkanes of at least 4 members (excludes halogenated alkanes) is 1. The van der Waals surface area contributed by atoms with Gasteiger partial charge < -0.3 is 10.2 Å². The number of rotatable bonds is 13. The molecule has 1 N–H and O–H groups in total. The summed E-state index contributed by atoms with van der Waals surface area (Å²) in [6.07, 6.45) is 2.54. The highest BCUT2D eigenvalue weighted by molar-refractivity contribution is 7.99. The largest absolute Gasteiger partial charge is 0.354 e. The lowest BCUT2D eigenvalue weighted by molar-refractivity contribution is -0.141. The van der Waals surface area contributed by atoms with Gasteiger partial charge in [-0.25, -0.2) is 0 Å². The average molecular weight is 544 g/mol. The topological polar surface area (TPSA) is 49.4 Å². The summed E-state index contributed by atoms with van der Waals surface area (Å²) in [5.41, 5.74) is 1.62. The third kappa shape index (κ3) is 8.58. The van der Waals surface area contributed by atoms with E-state index in [4.69, 9.17) is 23.2 Å². The van der Waals surface area contributed by atoms with E-state index in [-0.39, 0.29) is 24.8 Å². The molecule has 0 aromatic heterocycles. The first-order valence-electron chi connectivity index (χ1n) is 12.2. The molecule has 3 aromatic carbocycles. The molecule has 0 unspecified atom stereocenters. The standard InChI is InChI=1S/C29H32Cl2N2O2S/c1-2-3-18-32-29(35)27(20-22-11-6-4-7-12-22)33(21-24-25(30)15-10-16-26(24)31)28(34)17-19-36-23-13-8-5-9-14-23/h4-16,27H,2-3,17-21H2,1H3,(H,32,35)/t27-/m1/s1. The Morgan fingerprint density at radius 2 is 1.56 bits per heavy atom. The maximum Gasteiger partial charge on any atom is 0.243 e. The highest BCUT2D eigenvalue weighted by atomic mass is 35.5. The predicted octanol–water partition coefficient (Wildman–Crippen LogP) is 7.03. The molecule has 7 heteroatoms. The smallest absolute Gasteiger partial charge is 0.243 e. The number of carbonyl (C=O) groups excluding carboxylic acids is 2. The summed E-state index contributed by atoms with van der Waals surface area (Å²) in [4.78, 5) is 29.9. The summed E-state index contributed by atoms with van der Waals surface area (Å²) < 4.78 is 0. The summed E-state index contributed by atoms with van der Waals surface area (Å²) in [6, 6.07) is 24.3. The molecule has 0 spiro atoms. The number of nitrogens with zero attached hydrogens (tertiary/aromatic N) is 1. The second-order valence-electron chi connectivity index (χ2n) is 8.48. The van der Waals surface area contributed by atoms with Gasteiger partial charge in [0.1, 0.15) is 6.04 Å². The van der Waals surface area contributed by atoms with Crippen LogP contribution in [-0.2, 0) is 22.6 Å². The van der Waals surface area contributed by atoms with Crippen LogP contribution in [0.25, 0.3) is 0 Å². The van der Waals surface area contributed by atoms with Crippen LogP contribution in [0.2, 0.25) is 10.0 Å². The Labute approximate surface area is 228 Å². The van der Waals surface area contributed by atoms with Crippen molar-refractivity contribution in [2.45, 2.75) is 50.1 Å². The molecule has 2 amide bonds. The van der Waals surface area contributed by atoms with Gasteiger partial charge >= 0.3 is 0 Å². The summed E-state index contributed by atoms with van der Waals surface area (Å²) in [5, 5.41) is 3.98. The molecule has 0 heterocycles. The Hall–Kier alpha value is -2.47. The highest BCUT2D eigenvalue weighted by Crippen LogP contribution is 2.28. The first kappa shape index (κ1) is 28.1. The van der Waals surface area contributed by atoms with E-state index in [0.29, 0.717) is 34.3 Å². The van der Waals surface area contributed by atoms with Crippen molar-refractivity contribution in [3.05, 3.63) is 100 Å². The van der Waals surface area contributed by atoms with E-state index in [1.165, 1.54) is 0 Å². The lowest BCUT2D eigenvalue weighted by Gasteiger charge is -2.32. The number of benzene rings is 3. The van der Waals surface area contributed by atoms with Crippen molar-refractivity contribution >= 4 is 46.8 Å².